The van der Waals surface area contributed by atoms with Crippen LogP contribution in [-0.2, 0) is 10.0 Å². The van der Waals surface area contributed by atoms with Crippen molar-refractivity contribution in [3.8, 4) is 0 Å². The molecule has 0 spiro atoms. The number of carbonyl (C=O) groups is 1. The molecule has 3 rings (SSSR count). The van der Waals surface area contributed by atoms with Crippen LogP contribution in [0.25, 0.3) is 0 Å². The van der Waals surface area contributed by atoms with Gasteiger partial charge in [-0.15, -0.1) is 0 Å². The largest absolute Gasteiger partial charge is 0.339 e. The number of nitrogens with two attached hydrogens (primary N) is 1. The fourth-order valence-electron chi connectivity index (χ4n) is 3.37. The second-order valence-electron chi connectivity index (χ2n) is 7.38. The second kappa shape index (κ2) is 7.05. The summed E-state index contributed by atoms with van der Waals surface area (Å²) >= 11 is 0. The summed E-state index contributed by atoms with van der Waals surface area (Å²) in [6.45, 7) is 5.99. The Balaban J connectivity index is 1.68. The zero-order valence-corrected chi connectivity index (χ0v) is 15.7. The molecule has 2 aliphatic rings. The number of hydrogen-bond acceptors (Lipinski definition) is 4. The minimum absolute atomic E-state index is 0.0387. The Kier molecular flexibility index (Phi) is 5.18. The molecular weight excluding hydrogens is 338 g/mol. The van der Waals surface area contributed by atoms with Gasteiger partial charge in [0.25, 0.3) is 5.91 Å². The lowest BCUT2D eigenvalue weighted by Gasteiger charge is -2.33. The molecule has 138 valence electrons. The number of hydrogen-bond donors (Lipinski definition) is 2. The third-order valence-corrected chi connectivity index (χ3v) is 6.38. The molecule has 25 heavy (non-hydrogen) atoms. The predicted octanol–water partition coefficient (Wildman–Crippen LogP) is 1.56. The topological polar surface area (TPSA) is 92.5 Å². The highest BCUT2D eigenvalue weighted by atomic mass is 32.2. The Morgan fingerprint density at radius 3 is 2.40 bits per heavy atom. The summed E-state index contributed by atoms with van der Waals surface area (Å²) in [5, 5.41) is 8.89. The van der Waals surface area contributed by atoms with Crippen LogP contribution in [0.3, 0.4) is 0 Å². The summed E-state index contributed by atoms with van der Waals surface area (Å²) in [6, 6.07) is 3.64. The van der Waals surface area contributed by atoms with E-state index in [4.69, 9.17) is 5.14 Å². The molecule has 1 aliphatic heterocycles. The van der Waals surface area contributed by atoms with E-state index in [-0.39, 0.29) is 10.8 Å². The molecule has 1 saturated heterocycles. The van der Waals surface area contributed by atoms with Crippen LogP contribution in [0.5, 0.6) is 0 Å². The van der Waals surface area contributed by atoms with Gasteiger partial charge in [0.05, 0.1) is 4.90 Å². The van der Waals surface area contributed by atoms with Crippen LogP contribution < -0.4 is 10.5 Å². The van der Waals surface area contributed by atoms with E-state index in [9.17, 15) is 13.2 Å². The van der Waals surface area contributed by atoms with E-state index in [2.05, 4.69) is 5.32 Å². The van der Waals surface area contributed by atoms with Gasteiger partial charge in [-0.3, -0.25) is 4.79 Å². The molecule has 0 atom stereocenters. The van der Waals surface area contributed by atoms with E-state index in [1.807, 2.05) is 4.90 Å². The average molecular weight is 365 g/mol. The van der Waals surface area contributed by atoms with Gasteiger partial charge < -0.3 is 10.2 Å². The van der Waals surface area contributed by atoms with Crippen molar-refractivity contribution in [2.75, 3.05) is 19.6 Å². The quantitative estimate of drug-likeness (QED) is 0.828. The lowest BCUT2D eigenvalue weighted by atomic mass is 10.0. The average Bonchev–Trinajstić information content (AvgIpc) is 3.38. The summed E-state index contributed by atoms with van der Waals surface area (Å²) in [5.41, 5.74) is 1.76. The van der Waals surface area contributed by atoms with Crippen molar-refractivity contribution in [3.05, 3.63) is 28.8 Å². The van der Waals surface area contributed by atoms with Crippen molar-refractivity contribution in [1.29, 1.82) is 0 Å². The normalized spacial score (nSPS) is 19.2. The molecule has 0 bridgehead atoms. The fourth-order valence-corrected chi connectivity index (χ4v) is 4.25. The number of nitrogens with one attached hydrogen (secondary N) is 1. The van der Waals surface area contributed by atoms with Crippen LogP contribution >= 0.6 is 0 Å². The number of benzene rings is 1. The number of amides is 1. The lowest BCUT2D eigenvalue weighted by Crippen LogP contribution is -2.45. The van der Waals surface area contributed by atoms with E-state index in [0.717, 1.165) is 30.9 Å². The first-order chi connectivity index (χ1) is 11.8. The number of sulfonamides is 1. The van der Waals surface area contributed by atoms with Crippen LogP contribution in [0.2, 0.25) is 0 Å². The smallest absolute Gasteiger partial charge is 0.253 e. The van der Waals surface area contributed by atoms with Gasteiger partial charge in [-0.05, 0) is 75.3 Å². The molecule has 1 amide bonds. The predicted molar refractivity (Wildman–Crippen MR) is 96.9 cm³/mol. The van der Waals surface area contributed by atoms with Crippen LogP contribution in [0.15, 0.2) is 17.0 Å². The maximum atomic E-state index is 12.8. The molecule has 7 heteroatoms. The summed E-state index contributed by atoms with van der Waals surface area (Å²) in [5.74, 6) is 0.737. The molecule has 0 radical (unpaired) electrons. The number of likely N-dealkylation sites (tertiary alicyclic amines) is 1. The second-order valence-corrected chi connectivity index (χ2v) is 8.91. The van der Waals surface area contributed by atoms with Gasteiger partial charge in [0.1, 0.15) is 0 Å². The van der Waals surface area contributed by atoms with Gasteiger partial charge in [0.15, 0.2) is 0 Å². The van der Waals surface area contributed by atoms with Crippen LogP contribution in [0.1, 0.15) is 47.2 Å². The molecule has 1 saturated carbocycles. The molecule has 6 nitrogen and oxygen atoms in total. The highest BCUT2D eigenvalue weighted by Gasteiger charge is 2.27. The van der Waals surface area contributed by atoms with Crippen molar-refractivity contribution < 1.29 is 13.2 Å². The van der Waals surface area contributed by atoms with Crippen molar-refractivity contribution in [3.63, 3.8) is 0 Å². The Labute approximate surface area is 149 Å². The van der Waals surface area contributed by atoms with Crippen LogP contribution in [0, 0.1) is 19.8 Å². The first kappa shape index (κ1) is 18.4. The summed E-state index contributed by atoms with van der Waals surface area (Å²) in [7, 11) is -3.84. The number of carbonyl (C=O) groups excluding carboxylic acids is 1. The summed E-state index contributed by atoms with van der Waals surface area (Å²) in [6.07, 6.45) is 4.55. The molecule has 0 unspecified atom stereocenters. The number of primary sulfonamides is 1. The van der Waals surface area contributed by atoms with Gasteiger partial charge in [0.2, 0.25) is 10.0 Å². The third-order valence-electron chi connectivity index (χ3n) is 5.35. The molecule has 1 heterocycles. The molecule has 0 aromatic heterocycles. The molecule has 2 fully saturated rings. The van der Waals surface area contributed by atoms with Crippen molar-refractivity contribution >= 4 is 15.9 Å². The minimum atomic E-state index is -3.84. The zero-order valence-electron chi connectivity index (χ0n) is 14.9. The molecule has 3 N–H and O–H groups in total. The molecule has 1 aromatic carbocycles. The molecular formula is C18H27N3O3S. The van der Waals surface area contributed by atoms with Crippen molar-refractivity contribution in [2.24, 2.45) is 11.1 Å². The SMILES string of the molecule is Cc1cc(C(=O)N2CCC(NCC3CC3)CC2)cc(S(N)(=O)=O)c1C. The Bertz CT molecular complexity index is 764. The van der Waals surface area contributed by atoms with Gasteiger partial charge in [-0.1, -0.05) is 0 Å². The Morgan fingerprint density at radius 2 is 1.84 bits per heavy atom. The molecule has 1 aromatic rings. The maximum Gasteiger partial charge on any atom is 0.253 e. The highest BCUT2D eigenvalue weighted by Crippen LogP contribution is 2.28. The summed E-state index contributed by atoms with van der Waals surface area (Å²) < 4.78 is 23.6. The highest BCUT2D eigenvalue weighted by molar-refractivity contribution is 7.89. The molecule has 1 aliphatic carbocycles. The fraction of sp³-hybridized carbons (Fsp3) is 0.611. The lowest BCUT2D eigenvalue weighted by molar-refractivity contribution is 0.0704. The van der Waals surface area contributed by atoms with E-state index in [1.165, 1.54) is 18.9 Å². The monoisotopic (exact) mass is 365 g/mol. The Morgan fingerprint density at radius 1 is 1.20 bits per heavy atom. The first-order valence-electron chi connectivity index (χ1n) is 8.92. The van der Waals surface area contributed by atoms with E-state index in [1.54, 1.807) is 19.9 Å². The van der Waals surface area contributed by atoms with Gasteiger partial charge in [-0.2, -0.15) is 0 Å². The Hall–Kier alpha value is -1.44. The standard InChI is InChI=1S/C18H27N3O3S/c1-12-9-15(10-17(13(12)2)25(19,23)24)18(22)21-7-5-16(6-8-21)20-11-14-3-4-14/h9-10,14,16,20H,3-8,11H2,1-2H3,(H2,19,23,24). The van der Waals surface area contributed by atoms with E-state index >= 15 is 0 Å². The number of aryl methyl sites for hydroxylation is 1. The first-order valence-corrected chi connectivity index (χ1v) is 10.5. The van der Waals surface area contributed by atoms with Gasteiger partial charge >= 0.3 is 0 Å². The van der Waals surface area contributed by atoms with Crippen LogP contribution in [-0.4, -0.2) is 44.9 Å². The van der Waals surface area contributed by atoms with Crippen LogP contribution in [0.4, 0.5) is 0 Å². The van der Waals surface area contributed by atoms with Crippen molar-refractivity contribution in [1.82, 2.24) is 10.2 Å². The third kappa shape index (κ3) is 4.40. The zero-order chi connectivity index (χ0) is 18.2. The minimum Gasteiger partial charge on any atom is -0.339 e. The summed E-state index contributed by atoms with van der Waals surface area (Å²) in [4.78, 5) is 14.6. The van der Waals surface area contributed by atoms with E-state index in [0.29, 0.717) is 30.3 Å². The number of piperidine rings is 1. The van der Waals surface area contributed by atoms with Crippen molar-refractivity contribution in [2.45, 2.75) is 50.5 Å². The van der Waals surface area contributed by atoms with Gasteiger partial charge in [-0.25, -0.2) is 13.6 Å². The maximum absolute atomic E-state index is 12.8. The van der Waals surface area contributed by atoms with Gasteiger partial charge in [0, 0.05) is 24.7 Å². The van der Waals surface area contributed by atoms with E-state index < -0.39 is 10.0 Å². The number of nitrogens with zero attached hydrogens (tertiary/aromatic N) is 1. The number of rotatable bonds is 5.